The molecule has 1 heterocycles. The number of aromatic nitrogens is 2. The highest BCUT2D eigenvalue weighted by Crippen LogP contribution is 2.27. The summed E-state index contributed by atoms with van der Waals surface area (Å²) >= 11 is 5.64. The molecule has 6 nitrogen and oxygen atoms in total. The second kappa shape index (κ2) is 4.31. The number of aryl methyl sites for hydroxylation is 1. The molecule has 0 aliphatic rings. The van der Waals surface area contributed by atoms with Gasteiger partial charge in [-0.25, -0.2) is 0 Å². The van der Waals surface area contributed by atoms with Crippen molar-refractivity contribution in [1.82, 2.24) is 14.7 Å². The highest BCUT2D eigenvalue weighted by atomic mass is 35.5. The summed E-state index contributed by atoms with van der Waals surface area (Å²) in [7, 11) is 5.24. The first-order valence-electron chi connectivity index (χ1n) is 4.15. The van der Waals surface area contributed by atoms with Crippen molar-refractivity contribution < 1.29 is 4.92 Å². The van der Waals surface area contributed by atoms with Crippen LogP contribution in [0.1, 0.15) is 5.69 Å². The standard InChI is InChI=1S/C8H11ClN4O2/c1-11(2)5-4-6-7(13(14)15)8(9)10-12(6)3/h4-5H,1-3H3/b5-4+. The zero-order valence-electron chi connectivity index (χ0n) is 8.64. The van der Waals surface area contributed by atoms with E-state index in [0.29, 0.717) is 5.69 Å². The minimum Gasteiger partial charge on any atom is -0.383 e. The highest BCUT2D eigenvalue weighted by molar-refractivity contribution is 6.31. The predicted molar refractivity (Wildman–Crippen MR) is 57.6 cm³/mol. The van der Waals surface area contributed by atoms with Crippen LogP contribution in [0.25, 0.3) is 6.08 Å². The smallest absolute Gasteiger partial charge is 0.333 e. The molecule has 0 amide bonds. The minimum absolute atomic E-state index is 0.0964. The van der Waals surface area contributed by atoms with E-state index in [1.54, 1.807) is 24.2 Å². The van der Waals surface area contributed by atoms with Gasteiger partial charge in [0.05, 0.1) is 4.92 Å². The zero-order valence-corrected chi connectivity index (χ0v) is 9.39. The summed E-state index contributed by atoms with van der Waals surface area (Å²) in [4.78, 5) is 12.0. The maximum absolute atomic E-state index is 10.7. The van der Waals surface area contributed by atoms with Crippen molar-refractivity contribution in [2.24, 2.45) is 7.05 Å². The Labute approximate surface area is 91.9 Å². The van der Waals surface area contributed by atoms with E-state index in [4.69, 9.17) is 11.6 Å². The number of hydrogen-bond donors (Lipinski definition) is 0. The molecular formula is C8H11ClN4O2. The maximum atomic E-state index is 10.7. The van der Waals surface area contributed by atoms with Crippen LogP contribution in [0.4, 0.5) is 5.69 Å². The van der Waals surface area contributed by atoms with E-state index in [1.165, 1.54) is 4.68 Å². The number of hydrogen-bond acceptors (Lipinski definition) is 4. The lowest BCUT2D eigenvalue weighted by Crippen LogP contribution is -2.01. The van der Waals surface area contributed by atoms with Crippen molar-refractivity contribution in [3.8, 4) is 0 Å². The van der Waals surface area contributed by atoms with Crippen LogP contribution < -0.4 is 0 Å². The first-order chi connectivity index (χ1) is 6.93. The summed E-state index contributed by atoms with van der Waals surface area (Å²) in [5.74, 6) is 0. The lowest BCUT2D eigenvalue weighted by Gasteiger charge is -2.02. The van der Waals surface area contributed by atoms with Crippen molar-refractivity contribution in [2.45, 2.75) is 0 Å². The summed E-state index contributed by atoms with van der Waals surface area (Å²) in [6, 6.07) is 0. The number of nitro groups is 1. The van der Waals surface area contributed by atoms with Crippen molar-refractivity contribution in [3.63, 3.8) is 0 Å². The number of rotatable bonds is 3. The third-order valence-electron chi connectivity index (χ3n) is 1.74. The molecule has 0 atom stereocenters. The van der Waals surface area contributed by atoms with Gasteiger partial charge < -0.3 is 4.90 Å². The van der Waals surface area contributed by atoms with Crippen molar-refractivity contribution in [3.05, 3.63) is 27.2 Å². The Morgan fingerprint density at radius 1 is 1.60 bits per heavy atom. The second-order valence-electron chi connectivity index (χ2n) is 3.18. The molecular weight excluding hydrogens is 220 g/mol. The summed E-state index contributed by atoms with van der Waals surface area (Å²) in [5.41, 5.74) is 0.205. The van der Waals surface area contributed by atoms with Crippen LogP contribution in [-0.2, 0) is 7.05 Å². The Bertz CT molecular complexity index is 411. The quantitative estimate of drug-likeness (QED) is 0.583. The van der Waals surface area contributed by atoms with Crippen LogP contribution >= 0.6 is 11.6 Å². The number of halogens is 1. The van der Waals surface area contributed by atoms with Crippen LogP contribution in [0, 0.1) is 10.1 Å². The molecule has 1 aromatic heterocycles. The first kappa shape index (κ1) is 11.5. The Morgan fingerprint density at radius 3 is 2.67 bits per heavy atom. The molecule has 0 N–H and O–H groups in total. The number of nitrogens with zero attached hydrogens (tertiary/aromatic N) is 4. The van der Waals surface area contributed by atoms with Gasteiger partial charge in [-0.1, -0.05) is 11.6 Å². The zero-order chi connectivity index (χ0) is 11.6. The van der Waals surface area contributed by atoms with Gasteiger partial charge in [0.25, 0.3) is 0 Å². The van der Waals surface area contributed by atoms with E-state index < -0.39 is 4.92 Å². The molecule has 0 aromatic carbocycles. The normalized spacial score (nSPS) is 10.9. The van der Waals surface area contributed by atoms with Crippen molar-refractivity contribution in [2.75, 3.05) is 14.1 Å². The fraction of sp³-hybridized carbons (Fsp3) is 0.375. The molecule has 0 aliphatic heterocycles. The highest BCUT2D eigenvalue weighted by Gasteiger charge is 2.23. The molecule has 0 bridgehead atoms. The summed E-state index contributed by atoms with van der Waals surface area (Å²) in [5, 5.41) is 14.4. The summed E-state index contributed by atoms with van der Waals surface area (Å²) in [6.45, 7) is 0. The van der Waals surface area contributed by atoms with E-state index in [1.807, 2.05) is 14.1 Å². The molecule has 15 heavy (non-hydrogen) atoms. The van der Waals surface area contributed by atoms with Crippen LogP contribution in [0.15, 0.2) is 6.20 Å². The van der Waals surface area contributed by atoms with Gasteiger partial charge in [0, 0.05) is 27.3 Å². The van der Waals surface area contributed by atoms with Crippen LogP contribution in [0.3, 0.4) is 0 Å². The Morgan fingerprint density at radius 2 is 2.20 bits per heavy atom. The lowest BCUT2D eigenvalue weighted by molar-refractivity contribution is -0.385. The lowest BCUT2D eigenvalue weighted by atomic mass is 10.3. The van der Waals surface area contributed by atoms with Gasteiger partial charge in [0.2, 0.25) is 5.15 Å². The Kier molecular flexibility index (Phi) is 3.31. The van der Waals surface area contributed by atoms with Crippen molar-refractivity contribution >= 4 is 23.4 Å². The van der Waals surface area contributed by atoms with E-state index in [2.05, 4.69) is 5.10 Å². The van der Waals surface area contributed by atoms with Crippen LogP contribution in [-0.4, -0.2) is 33.7 Å². The molecule has 0 unspecified atom stereocenters. The average molecular weight is 231 g/mol. The SMILES string of the molecule is CN(C)/C=C/c1c([N+](=O)[O-])c(Cl)nn1C. The van der Waals surface area contributed by atoms with Gasteiger partial charge in [-0.2, -0.15) is 5.10 Å². The second-order valence-corrected chi connectivity index (χ2v) is 3.54. The van der Waals surface area contributed by atoms with Gasteiger partial charge >= 0.3 is 5.69 Å². The van der Waals surface area contributed by atoms with Gasteiger partial charge in [-0.15, -0.1) is 0 Å². The molecule has 1 rings (SSSR count). The van der Waals surface area contributed by atoms with E-state index in [-0.39, 0.29) is 10.8 Å². The van der Waals surface area contributed by atoms with E-state index in [9.17, 15) is 10.1 Å². The van der Waals surface area contributed by atoms with Gasteiger partial charge in [0.15, 0.2) is 0 Å². The molecule has 0 aliphatic carbocycles. The van der Waals surface area contributed by atoms with Gasteiger partial charge in [-0.3, -0.25) is 14.8 Å². The monoisotopic (exact) mass is 230 g/mol. The average Bonchev–Trinajstić information content (AvgIpc) is 2.37. The minimum atomic E-state index is -0.537. The van der Waals surface area contributed by atoms with E-state index >= 15 is 0 Å². The van der Waals surface area contributed by atoms with Gasteiger partial charge in [0.1, 0.15) is 5.69 Å². The third-order valence-corrected chi connectivity index (χ3v) is 1.99. The predicted octanol–water partition coefficient (Wildman–Crippen LogP) is 1.51. The molecule has 0 saturated carbocycles. The molecule has 0 fully saturated rings. The van der Waals surface area contributed by atoms with Crippen LogP contribution in [0.2, 0.25) is 5.15 Å². The molecule has 0 radical (unpaired) electrons. The van der Waals surface area contributed by atoms with Crippen molar-refractivity contribution in [1.29, 1.82) is 0 Å². The van der Waals surface area contributed by atoms with E-state index in [0.717, 1.165) is 0 Å². The van der Waals surface area contributed by atoms with Gasteiger partial charge in [-0.05, 0) is 6.08 Å². The topological polar surface area (TPSA) is 64.2 Å². The molecule has 82 valence electrons. The summed E-state index contributed by atoms with van der Waals surface area (Å²) < 4.78 is 1.38. The third kappa shape index (κ3) is 2.47. The summed E-state index contributed by atoms with van der Waals surface area (Å²) in [6.07, 6.45) is 3.29. The first-order valence-corrected chi connectivity index (χ1v) is 4.52. The molecule has 7 heteroatoms. The largest absolute Gasteiger partial charge is 0.383 e. The van der Waals surface area contributed by atoms with Crippen LogP contribution in [0.5, 0.6) is 0 Å². The fourth-order valence-corrected chi connectivity index (χ4v) is 1.35. The molecule has 0 spiro atoms. The molecule has 1 aromatic rings. The molecule has 0 saturated heterocycles. The Balaban J connectivity index is 3.21. The Hall–Kier alpha value is -1.56. The maximum Gasteiger partial charge on any atom is 0.333 e. The fourth-order valence-electron chi connectivity index (χ4n) is 1.07.